The van der Waals surface area contributed by atoms with Crippen LogP contribution in [0.4, 0.5) is 8.78 Å². The maximum atomic E-state index is 13.2. The van der Waals surface area contributed by atoms with E-state index in [1.165, 1.54) is 6.07 Å². The molecule has 3 nitrogen and oxygen atoms in total. The molecule has 3 N–H and O–H groups in total. The molecule has 1 aromatic carbocycles. The molecule has 2 rings (SSSR count). The molecule has 0 aromatic heterocycles. The van der Waals surface area contributed by atoms with Gasteiger partial charge in [0.05, 0.1) is 12.0 Å². The number of carbonyl (C=O) groups excluding carboxylic acids is 1. The summed E-state index contributed by atoms with van der Waals surface area (Å²) < 4.78 is 26.0. The van der Waals surface area contributed by atoms with Gasteiger partial charge in [-0.3, -0.25) is 4.79 Å². The van der Waals surface area contributed by atoms with Crippen LogP contribution in [-0.2, 0) is 11.2 Å². The summed E-state index contributed by atoms with van der Waals surface area (Å²) in [5.41, 5.74) is 5.97. The monoisotopic (exact) mass is 296 g/mol. The van der Waals surface area contributed by atoms with Crippen LogP contribution in [0.1, 0.15) is 38.2 Å². The molecule has 1 aromatic rings. The van der Waals surface area contributed by atoms with E-state index in [-0.39, 0.29) is 17.9 Å². The Morgan fingerprint density at radius 1 is 1.43 bits per heavy atom. The van der Waals surface area contributed by atoms with Crippen LogP contribution >= 0.6 is 0 Å². The Hall–Kier alpha value is -1.49. The lowest BCUT2D eigenvalue weighted by molar-refractivity contribution is -0.122. The zero-order valence-corrected chi connectivity index (χ0v) is 12.3. The topological polar surface area (TPSA) is 55.1 Å². The van der Waals surface area contributed by atoms with Crippen molar-refractivity contribution >= 4 is 5.91 Å². The van der Waals surface area contributed by atoms with Crippen LogP contribution in [0.15, 0.2) is 18.2 Å². The third-order valence-corrected chi connectivity index (χ3v) is 4.24. The third-order valence-electron chi connectivity index (χ3n) is 4.24. The summed E-state index contributed by atoms with van der Waals surface area (Å²) in [4.78, 5) is 12.2. The predicted molar refractivity (Wildman–Crippen MR) is 77.6 cm³/mol. The van der Waals surface area contributed by atoms with Crippen molar-refractivity contribution in [3.63, 3.8) is 0 Å². The molecule has 1 fully saturated rings. The summed E-state index contributed by atoms with van der Waals surface area (Å²) >= 11 is 0. The normalized spacial score (nSPS) is 25.6. The molecule has 0 heterocycles. The second-order valence-electron chi connectivity index (χ2n) is 6.16. The van der Waals surface area contributed by atoms with Crippen molar-refractivity contribution in [2.45, 2.75) is 44.6 Å². The number of carbonyl (C=O) groups is 1. The van der Waals surface area contributed by atoms with E-state index in [4.69, 9.17) is 5.73 Å². The van der Waals surface area contributed by atoms with Crippen LogP contribution in [0, 0.1) is 17.6 Å². The van der Waals surface area contributed by atoms with E-state index in [2.05, 4.69) is 12.2 Å². The van der Waals surface area contributed by atoms with Crippen molar-refractivity contribution in [3.8, 4) is 0 Å². The molecule has 1 aliphatic rings. The van der Waals surface area contributed by atoms with Gasteiger partial charge in [0, 0.05) is 6.54 Å². The molecular weight excluding hydrogens is 274 g/mol. The van der Waals surface area contributed by atoms with E-state index in [1.807, 2.05) is 0 Å². The fourth-order valence-electron chi connectivity index (χ4n) is 3.18. The second kappa shape index (κ2) is 6.52. The molecule has 0 saturated heterocycles. The highest BCUT2D eigenvalue weighted by atomic mass is 19.2. The van der Waals surface area contributed by atoms with Crippen LogP contribution in [0.25, 0.3) is 0 Å². The average Bonchev–Trinajstić information content (AvgIpc) is 2.43. The highest BCUT2D eigenvalue weighted by Crippen LogP contribution is 2.31. The van der Waals surface area contributed by atoms with Crippen molar-refractivity contribution in [3.05, 3.63) is 35.4 Å². The molecule has 0 radical (unpaired) electrons. The van der Waals surface area contributed by atoms with Gasteiger partial charge >= 0.3 is 0 Å². The minimum atomic E-state index is -0.930. The lowest BCUT2D eigenvalue weighted by atomic mass is 9.76. The minimum absolute atomic E-state index is 0.0351. The van der Waals surface area contributed by atoms with Gasteiger partial charge in [-0.1, -0.05) is 25.8 Å². The predicted octanol–water partition coefficient (Wildman–Crippen LogP) is 2.53. The first kappa shape index (κ1) is 15.9. The first-order valence-electron chi connectivity index (χ1n) is 7.39. The summed E-state index contributed by atoms with van der Waals surface area (Å²) in [5.74, 6) is -1.50. The number of hydrogen-bond acceptors (Lipinski definition) is 2. The van der Waals surface area contributed by atoms with Gasteiger partial charge in [-0.05, 0) is 36.5 Å². The van der Waals surface area contributed by atoms with Gasteiger partial charge in [0.1, 0.15) is 0 Å². The van der Waals surface area contributed by atoms with E-state index in [9.17, 15) is 13.6 Å². The second-order valence-corrected chi connectivity index (χ2v) is 6.16. The van der Waals surface area contributed by atoms with Gasteiger partial charge in [-0.15, -0.1) is 0 Å². The number of nitrogens with two attached hydrogens (primary N) is 1. The molecular formula is C16H22F2N2O. The summed E-state index contributed by atoms with van der Waals surface area (Å²) in [6, 6.07) is 3.53. The number of nitrogens with one attached hydrogen (secondary N) is 1. The first-order chi connectivity index (χ1) is 9.94. The molecule has 1 saturated carbocycles. The molecule has 2 unspecified atom stereocenters. The van der Waals surface area contributed by atoms with Crippen molar-refractivity contribution < 1.29 is 13.6 Å². The Bertz CT molecular complexity index is 521. The molecule has 0 aliphatic heterocycles. The zero-order chi connectivity index (χ0) is 15.5. The first-order valence-corrected chi connectivity index (χ1v) is 7.39. The van der Waals surface area contributed by atoms with Gasteiger partial charge in [-0.2, -0.15) is 0 Å². The Kier molecular flexibility index (Phi) is 4.93. The molecule has 0 spiro atoms. The number of benzene rings is 1. The number of halogens is 2. The molecule has 5 heteroatoms. The highest BCUT2D eigenvalue weighted by Gasteiger charge is 2.34. The van der Waals surface area contributed by atoms with E-state index >= 15 is 0 Å². The Labute approximate surface area is 123 Å². The van der Waals surface area contributed by atoms with E-state index in [1.54, 1.807) is 0 Å². The molecule has 2 atom stereocenters. The van der Waals surface area contributed by atoms with Gasteiger partial charge in [-0.25, -0.2) is 8.78 Å². The largest absolute Gasteiger partial charge is 0.349 e. The van der Waals surface area contributed by atoms with Crippen LogP contribution in [0.3, 0.4) is 0 Å². The quantitative estimate of drug-likeness (QED) is 0.897. The molecule has 116 valence electrons. The maximum absolute atomic E-state index is 13.2. The standard InChI is InChI=1S/C16H22F2N2O/c1-11-3-2-6-16(9-11,10-19)20-15(21)8-12-4-5-13(17)14(18)7-12/h4-5,7,11H,2-3,6,8-10,19H2,1H3,(H,20,21). The van der Waals surface area contributed by atoms with Crippen LogP contribution in [-0.4, -0.2) is 18.0 Å². The Morgan fingerprint density at radius 3 is 2.81 bits per heavy atom. The van der Waals surface area contributed by atoms with Crippen LogP contribution < -0.4 is 11.1 Å². The third kappa shape index (κ3) is 4.00. The summed E-state index contributed by atoms with van der Waals surface area (Å²) in [6.07, 6.45) is 3.97. The summed E-state index contributed by atoms with van der Waals surface area (Å²) in [6.45, 7) is 2.56. The fourth-order valence-corrected chi connectivity index (χ4v) is 3.18. The Balaban J connectivity index is 2.01. The Morgan fingerprint density at radius 2 is 2.19 bits per heavy atom. The smallest absolute Gasteiger partial charge is 0.224 e. The summed E-state index contributed by atoms with van der Waals surface area (Å²) in [7, 11) is 0. The van der Waals surface area contributed by atoms with E-state index in [0.29, 0.717) is 18.0 Å². The summed E-state index contributed by atoms with van der Waals surface area (Å²) in [5, 5.41) is 3.01. The van der Waals surface area contributed by atoms with Gasteiger partial charge < -0.3 is 11.1 Å². The van der Waals surface area contributed by atoms with Crippen molar-refractivity contribution in [1.82, 2.24) is 5.32 Å². The maximum Gasteiger partial charge on any atom is 0.224 e. The van der Waals surface area contributed by atoms with Crippen LogP contribution in [0.5, 0.6) is 0 Å². The number of amides is 1. The van der Waals surface area contributed by atoms with Crippen molar-refractivity contribution in [1.29, 1.82) is 0 Å². The number of rotatable bonds is 4. The number of hydrogen-bond donors (Lipinski definition) is 2. The fraction of sp³-hybridized carbons (Fsp3) is 0.562. The van der Waals surface area contributed by atoms with Gasteiger partial charge in [0.2, 0.25) is 5.91 Å². The molecule has 0 bridgehead atoms. The minimum Gasteiger partial charge on any atom is -0.349 e. The lowest BCUT2D eigenvalue weighted by Crippen LogP contribution is -2.56. The van der Waals surface area contributed by atoms with Crippen molar-refractivity contribution in [2.24, 2.45) is 11.7 Å². The zero-order valence-electron chi connectivity index (χ0n) is 12.3. The van der Waals surface area contributed by atoms with Gasteiger partial charge in [0.25, 0.3) is 0 Å². The molecule has 1 aliphatic carbocycles. The molecule has 1 amide bonds. The van der Waals surface area contributed by atoms with Crippen LogP contribution in [0.2, 0.25) is 0 Å². The molecule has 21 heavy (non-hydrogen) atoms. The SMILES string of the molecule is CC1CCCC(CN)(NC(=O)Cc2ccc(F)c(F)c2)C1. The van der Waals surface area contributed by atoms with E-state index in [0.717, 1.165) is 37.8 Å². The lowest BCUT2D eigenvalue weighted by Gasteiger charge is -2.40. The van der Waals surface area contributed by atoms with E-state index < -0.39 is 11.6 Å². The average molecular weight is 296 g/mol. The highest BCUT2D eigenvalue weighted by molar-refractivity contribution is 5.79. The van der Waals surface area contributed by atoms with Gasteiger partial charge in [0.15, 0.2) is 11.6 Å². The van der Waals surface area contributed by atoms with Crippen molar-refractivity contribution in [2.75, 3.05) is 6.54 Å².